The van der Waals surface area contributed by atoms with Crippen molar-refractivity contribution in [2.24, 2.45) is 0 Å². The molecule has 0 aliphatic carbocycles. The van der Waals surface area contributed by atoms with Crippen LogP contribution in [0.3, 0.4) is 0 Å². The van der Waals surface area contributed by atoms with Gasteiger partial charge < -0.3 is 29.0 Å². The van der Waals surface area contributed by atoms with Crippen LogP contribution in [0.2, 0.25) is 0 Å². The minimum atomic E-state index is -0.427. The van der Waals surface area contributed by atoms with E-state index in [-0.39, 0.29) is 31.4 Å². The third-order valence-corrected chi connectivity index (χ3v) is 5.45. The number of benzene rings is 2. The van der Waals surface area contributed by atoms with Crippen LogP contribution in [0.1, 0.15) is 24.7 Å². The number of amides is 3. The van der Waals surface area contributed by atoms with E-state index in [1.165, 1.54) is 30.4 Å². The van der Waals surface area contributed by atoms with E-state index in [0.717, 1.165) is 5.56 Å². The fourth-order valence-corrected chi connectivity index (χ4v) is 3.59. The number of furan rings is 1. The van der Waals surface area contributed by atoms with Crippen LogP contribution in [0.4, 0.5) is 14.9 Å². The summed E-state index contributed by atoms with van der Waals surface area (Å²) >= 11 is 0. The van der Waals surface area contributed by atoms with Crippen molar-refractivity contribution in [2.75, 3.05) is 38.7 Å². The van der Waals surface area contributed by atoms with E-state index >= 15 is 0 Å². The van der Waals surface area contributed by atoms with Crippen molar-refractivity contribution in [3.8, 4) is 5.75 Å². The van der Waals surface area contributed by atoms with Crippen LogP contribution in [0, 0.1) is 5.82 Å². The Morgan fingerprint density at radius 2 is 1.78 bits per heavy atom. The molecule has 2 aromatic carbocycles. The van der Waals surface area contributed by atoms with E-state index < -0.39 is 6.03 Å². The number of nitrogens with zero attached hydrogens (tertiary/aromatic N) is 2. The van der Waals surface area contributed by atoms with Gasteiger partial charge in [-0.3, -0.25) is 4.79 Å². The summed E-state index contributed by atoms with van der Waals surface area (Å²) in [5, 5.41) is 2.84. The molecule has 3 rings (SSSR count). The van der Waals surface area contributed by atoms with E-state index in [1.54, 1.807) is 53.4 Å². The maximum Gasteiger partial charge on any atom is 0.322 e. The van der Waals surface area contributed by atoms with Crippen LogP contribution >= 0.6 is 0 Å². The molecule has 0 aliphatic rings. The van der Waals surface area contributed by atoms with Gasteiger partial charge in [0.1, 0.15) is 23.9 Å². The molecule has 1 heterocycles. The summed E-state index contributed by atoms with van der Waals surface area (Å²) in [6, 6.07) is 16.1. The lowest BCUT2D eigenvalue weighted by molar-refractivity contribution is -0.133. The first kappa shape index (κ1) is 26.7. The summed E-state index contributed by atoms with van der Waals surface area (Å²) in [6.45, 7) is 3.55. The quantitative estimate of drug-likeness (QED) is 0.339. The van der Waals surface area contributed by atoms with Gasteiger partial charge >= 0.3 is 6.03 Å². The van der Waals surface area contributed by atoms with Gasteiger partial charge in [-0.2, -0.15) is 0 Å². The Hall–Kier alpha value is -3.85. The molecule has 0 unspecified atom stereocenters. The first-order valence-corrected chi connectivity index (χ1v) is 11.8. The molecule has 0 aliphatic heterocycles. The third kappa shape index (κ3) is 8.13. The van der Waals surface area contributed by atoms with E-state index in [4.69, 9.17) is 13.9 Å². The highest BCUT2D eigenvalue weighted by Gasteiger charge is 2.23. The van der Waals surface area contributed by atoms with Crippen molar-refractivity contribution in [3.63, 3.8) is 0 Å². The topological polar surface area (TPSA) is 84.2 Å². The van der Waals surface area contributed by atoms with E-state index in [9.17, 15) is 14.0 Å². The van der Waals surface area contributed by atoms with Crippen molar-refractivity contribution in [1.82, 2.24) is 9.80 Å². The SMILES string of the molecule is CCOCCCN(CC(=O)N(Cc1ccc(F)cc1)Cc1ccco1)C(=O)Nc1ccccc1OC. The average Bonchev–Trinajstić information content (AvgIpc) is 3.40. The highest BCUT2D eigenvalue weighted by molar-refractivity contribution is 5.93. The van der Waals surface area contributed by atoms with Crippen LogP contribution < -0.4 is 10.1 Å². The molecule has 8 nitrogen and oxygen atoms in total. The van der Waals surface area contributed by atoms with Gasteiger partial charge in [-0.1, -0.05) is 24.3 Å². The third-order valence-electron chi connectivity index (χ3n) is 5.45. The molecular formula is C27H32FN3O5. The Morgan fingerprint density at radius 1 is 1.00 bits per heavy atom. The molecule has 0 bridgehead atoms. The number of hydrogen-bond acceptors (Lipinski definition) is 5. The normalized spacial score (nSPS) is 10.6. The van der Waals surface area contributed by atoms with Crippen LogP contribution in [-0.4, -0.2) is 55.2 Å². The predicted octanol–water partition coefficient (Wildman–Crippen LogP) is 4.92. The van der Waals surface area contributed by atoms with Crippen molar-refractivity contribution in [2.45, 2.75) is 26.4 Å². The number of halogens is 1. The number of carbonyl (C=O) groups is 2. The molecule has 36 heavy (non-hydrogen) atoms. The Balaban J connectivity index is 1.76. The summed E-state index contributed by atoms with van der Waals surface area (Å²) in [6.07, 6.45) is 2.10. The van der Waals surface area contributed by atoms with Crippen LogP contribution in [-0.2, 0) is 22.6 Å². The van der Waals surface area contributed by atoms with Crippen LogP contribution in [0.15, 0.2) is 71.3 Å². The van der Waals surface area contributed by atoms with Gasteiger partial charge in [-0.25, -0.2) is 9.18 Å². The van der Waals surface area contributed by atoms with E-state index in [1.807, 2.05) is 6.92 Å². The summed E-state index contributed by atoms with van der Waals surface area (Å²) in [4.78, 5) is 29.7. The number of nitrogens with one attached hydrogen (secondary N) is 1. The minimum absolute atomic E-state index is 0.158. The molecular weight excluding hydrogens is 465 g/mol. The molecule has 192 valence electrons. The lowest BCUT2D eigenvalue weighted by Crippen LogP contribution is -2.44. The summed E-state index contributed by atoms with van der Waals surface area (Å²) in [7, 11) is 1.52. The first-order chi connectivity index (χ1) is 17.5. The monoisotopic (exact) mass is 497 g/mol. The second-order valence-corrected chi connectivity index (χ2v) is 8.06. The summed E-state index contributed by atoms with van der Waals surface area (Å²) in [5.41, 5.74) is 1.27. The first-order valence-electron chi connectivity index (χ1n) is 11.8. The molecule has 0 saturated heterocycles. The number of rotatable bonds is 13. The van der Waals surface area contributed by atoms with Gasteiger partial charge in [-0.05, 0) is 55.3 Å². The molecule has 3 amide bonds. The molecule has 3 aromatic rings. The molecule has 1 N–H and O–H groups in total. The van der Waals surface area contributed by atoms with Crippen molar-refractivity contribution < 1.29 is 27.9 Å². The molecule has 0 saturated carbocycles. The highest BCUT2D eigenvalue weighted by Crippen LogP contribution is 2.23. The van der Waals surface area contributed by atoms with Gasteiger partial charge in [-0.15, -0.1) is 0 Å². The molecule has 9 heteroatoms. The average molecular weight is 498 g/mol. The zero-order chi connectivity index (χ0) is 25.8. The number of methoxy groups -OCH3 is 1. The largest absolute Gasteiger partial charge is 0.495 e. The lowest BCUT2D eigenvalue weighted by Gasteiger charge is -2.28. The summed E-state index contributed by atoms with van der Waals surface area (Å²) < 4.78 is 29.6. The van der Waals surface area contributed by atoms with E-state index in [2.05, 4.69) is 5.32 Å². The maximum absolute atomic E-state index is 13.5. The summed E-state index contributed by atoms with van der Waals surface area (Å²) in [5.74, 6) is 0.493. The second kappa shape index (κ2) is 13.9. The Morgan fingerprint density at radius 3 is 2.47 bits per heavy atom. The number of ether oxygens (including phenoxy) is 2. The molecule has 0 spiro atoms. The fourth-order valence-electron chi connectivity index (χ4n) is 3.59. The van der Waals surface area contributed by atoms with E-state index in [0.29, 0.717) is 43.4 Å². The minimum Gasteiger partial charge on any atom is -0.495 e. The van der Waals surface area contributed by atoms with Gasteiger partial charge in [0.05, 0.1) is 25.6 Å². The van der Waals surface area contributed by atoms with Crippen molar-refractivity contribution >= 4 is 17.6 Å². The zero-order valence-electron chi connectivity index (χ0n) is 20.6. The van der Waals surface area contributed by atoms with Gasteiger partial charge in [0, 0.05) is 26.3 Å². The molecule has 0 atom stereocenters. The van der Waals surface area contributed by atoms with Gasteiger partial charge in [0.15, 0.2) is 0 Å². The molecule has 0 fully saturated rings. The van der Waals surface area contributed by atoms with Crippen molar-refractivity contribution in [1.29, 1.82) is 0 Å². The highest BCUT2D eigenvalue weighted by atomic mass is 19.1. The van der Waals surface area contributed by atoms with Gasteiger partial charge in [0.25, 0.3) is 0 Å². The smallest absolute Gasteiger partial charge is 0.322 e. The lowest BCUT2D eigenvalue weighted by atomic mass is 10.2. The molecule has 0 radical (unpaired) electrons. The standard InChI is InChI=1S/C27H32FN3O5/c1-3-35-16-7-15-30(27(33)29-24-9-4-5-10-25(24)34-2)20-26(32)31(19-23-8-6-17-36-23)18-21-11-13-22(28)14-12-21/h4-6,8-14,17H,3,7,15-16,18-20H2,1-2H3,(H,29,33). The van der Waals surface area contributed by atoms with Crippen LogP contribution in [0.5, 0.6) is 5.75 Å². The van der Waals surface area contributed by atoms with Crippen molar-refractivity contribution in [3.05, 3.63) is 84.1 Å². The number of carbonyl (C=O) groups excluding carboxylic acids is 2. The number of anilines is 1. The number of para-hydroxylation sites is 2. The predicted molar refractivity (Wildman–Crippen MR) is 134 cm³/mol. The number of hydrogen-bond donors (Lipinski definition) is 1. The Labute approximate surface area is 210 Å². The Kier molecular flexibility index (Phi) is 10.3. The number of urea groups is 1. The van der Waals surface area contributed by atoms with Crippen LogP contribution in [0.25, 0.3) is 0 Å². The molecule has 1 aromatic heterocycles. The second-order valence-electron chi connectivity index (χ2n) is 8.06. The van der Waals surface area contributed by atoms with Gasteiger partial charge in [0.2, 0.25) is 5.91 Å². The maximum atomic E-state index is 13.5. The zero-order valence-corrected chi connectivity index (χ0v) is 20.6. The fraction of sp³-hybridized carbons (Fsp3) is 0.333. The Bertz CT molecular complexity index is 1090.